The summed E-state index contributed by atoms with van der Waals surface area (Å²) in [5.74, 6) is -0.889. The van der Waals surface area contributed by atoms with Gasteiger partial charge in [-0.05, 0) is 30.3 Å². The van der Waals surface area contributed by atoms with Gasteiger partial charge in [-0.3, -0.25) is 4.79 Å². The third-order valence-corrected chi connectivity index (χ3v) is 3.98. The maximum Gasteiger partial charge on any atom is 0.243 e. The molecule has 0 radical (unpaired) electrons. The number of hydrogen-bond acceptors (Lipinski definition) is 2. The lowest BCUT2D eigenvalue weighted by Gasteiger charge is -2.10. The Hall–Kier alpha value is -1.20. The number of nitrogens with one attached hydrogen (secondary N) is 2. The summed E-state index contributed by atoms with van der Waals surface area (Å²) in [5.41, 5.74) is 0.863. The van der Waals surface area contributed by atoms with Crippen LogP contribution in [-0.2, 0) is 4.79 Å². The lowest BCUT2D eigenvalue weighted by molar-refractivity contribution is -0.114. The minimum absolute atomic E-state index is 0.0297. The fourth-order valence-corrected chi connectivity index (χ4v) is 2.38. The third kappa shape index (κ3) is 4.40. The van der Waals surface area contributed by atoms with Gasteiger partial charge in [0.1, 0.15) is 5.82 Å². The summed E-state index contributed by atoms with van der Waals surface area (Å²) in [7, 11) is 0. The lowest BCUT2D eigenvalue weighted by Crippen LogP contribution is -2.22. The Morgan fingerprint density at radius 2 is 1.64 bits per heavy atom. The van der Waals surface area contributed by atoms with Crippen molar-refractivity contribution in [3.05, 3.63) is 56.2 Å². The van der Waals surface area contributed by atoms with Crippen molar-refractivity contribution in [1.82, 2.24) is 0 Å². The molecule has 0 aromatic heterocycles. The molecule has 0 unspecified atom stereocenters. The van der Waals surface area contributed by atoms with E-state index in [1.165, 1.54) is 30.3 Å². The average molecular weight is 382 g/mol. The Balaban J connectivity index is 1.98. The van der Waals surface area contributed by atoms with Gasteiger partial charge >= 0.3 is 0 Å². The summed E-state index contributed by atoms with van der Waals surface area (Å²) in [5, 5.41) is 6.22. The summed E-state index contributed by atoms with van der Waals surface area (Å²) in [6.07, 6.45) is 0. The fraction of sp³-hybridized carbons (Fsp3) is 0.0714. The summed E-state index contributed by atoms with van der Waals surface area (Å²) in [4.78, 5) is 11.9. The van der Waals surface area contributed by atoms with Gasteiger partial charge in [-0.1, -0.05) is 46.4 Å². The van der Waals surface area contributed by atoms with Gasteiger partial charge in [0.2, 0.25) is 5.91 Å². The second kappa shape index (κ2) is 7.38. The van der Waals surface area contributed by atoms with Gasteiger partial charge in [-0.15, -0.1) is 0 Å². The molecule has 1 amide bonds. The number of amides is 1. The van der Waals surface area contributed by atoms with Gasteiger partial charge in [0, 0.05) is 5.69 Å². The highest BCUT2D eigenvalue weighted by Crippen LogP contribution is 2.32. The van der Waals surface area contributed by atoms with Crippen LogP contribution in [0.25, 0.3) is 0 Å². The van der Waals surface area contributed by atoms with Crippen molar-refractivity contribution in [2.45, 2.75) is 0 Å². The molecule has 3 nitrogen and oxygen atoms in total. The molecule has 116 valence electrons. The first kappa shape index (κ1) is 17.2. The molecule has 0 aliphatic rings. The van der Waals surface area contributed by atoms with Crippen molar-refractivity contribution >= 4 is 63.7 Å². The lowest BCUT2D eigenvalue weighted by atomic mass is 10.3. The van der Waals surface area contributed by atoms with E-state index in [0.29, 0.717) is 16.4 Å². The van der Waals surface area contributed by atoms with E-state index >= 15 is 0 Å². The number of rotatable bonds is 4. The number of carbonyl (C=O) groups is 1. The SMILES string of the molecule is O=C(CNc1ccc(F)c(Cl)c1)Nc1cc(Cl)c(Cl)cc1Cl. The Bertz CT molecular complexity index is 724. The van der Waals surface area contributed by atoms with Crippen LogP contribution in [0.5, 0.6) is 0 Å². The molecule has 0 atom stereocenters. The topological polar surface area (TPSA) is 41.1 Å². The maximum absolute atomic E-state index is 13.0. The second-order valence-electron chi connectivity index (χ2n) is 4.28. The largest absolute Gasteiger partial charge is 0.376 e. The predicted octanol–water partition coefficient (Wildman–Crippen LogP) is 5.49. The normalized spacial score (nSPS) is 10.4. The first-order chi connectivity index (χ1) is 10.4. The summed E-state index contributed by atoms with van der Waals surface area (Å²) in [6.45, 7) is -0.0570. The standard InChI is InChI=1S/C14H9Cl4FN2O/c15-8-4-11(18)13(5-9(8)16)21-14(22)6-20-7-1-2-12(19)10(17)3-7/h1-5,20H,6H2,(H,21,22). The Labute approximate surface area is 146 Å². The molecule has 0 spiro atoms. The Kier molecular flexibility index (Phi) is 5.75. The van der Waals surface area contributed by atoms with Crippen LogP contribution in [0.1, 0.15) is 0 Å². The molecule has 0 aliphatic heterocycles. The number of benzene rings is 2. The number of carbonyl (C=O) groups excluding carboxylic acids is 1. The van der Waals surface area contributed by atoms with Crippen molar-refractivity contribution in [2.75, 3.05) is 17.2 Å². The first-order valence-corrected chi connectivity index (χ1v) is 7.51. The van der Waals surface area contributed by atoms with E-state index in [9.17, 15) is 9.18 Å². The van der Waals surface area contributed by atoms with Crippen LogP contribution in [0.4, 0.5) is 15.8 Å². The molecule has 0 saturated heterocycles. The van der Waals surface area contributed by atoms with Crippen LogP contribution in [-0.4, -0.2) is 12.5 Å². The zero-order chi connectivity index (χ0) is 16.3. The summed E-state index contributed by atoms with van der Waals surface area (Å²) in [6, 6.07) is 6.96. The van der Waals surface area contributed by atoms with Crippen LogP contribution in [0, 0.1) is 5.82 Å². The van der Waals surface area contributed by atoms with Gasteiger partial charge in [0.25, 0.3) is 0 Å². The number of hydrogen-bond donors (Lipinski definition) is 2. The number of halogens is 5. The van der Waals surface area contributed by atoms with Crippen molar-refractivity contribution < 1.29 is 9.18 Å². The maximum atomic E-state index is 13.0. The smallest absolute Gasteiger partial charge is 0.243 e. The van der Waals surface area contributed by atoms with Gasteiger partial charge in [-0.2, -0.15) is 0 Å². The summed E-state index contributed by atoms with van der Waals surface area (Å²) >= 11 is 23.3. The van der Waals surface area contributed by atoms with Crippen LogP contribution in [0.3, 0.4) is 0 Å². The van der Waals surface area contributed by atoms with Crippen molar-refractivity contribution in [2.24, 2.45) is 0 Å². The molecule has 0 heterocycles. The Morgan fingerprint density at radius 1 is 0.955 bits per heavy atom. The third-order valence-electron chi connectivity index (χ3n) is 2.66. The molecule has 2 aromatic rings. The monoisotopic (exact) mass is 380 g/mol. The predicted molar refractivity (Wildman–Crippen MR) is 90.0 cm³/mol. The second-order valence-corrected chi connectivity index (χ2v) is 5.91. The molecule has 0 saturated carbocycles. The molecular formula is C14H9Cl4FN2O. The minimum atomic E-state index is -0.528. The van der Waals surface area contributed by atoms with Crippen LogP contribution >= 0.6 is 46.4 Å². The zero-order valence-corrected chi connectivity index (χ0v) is 13.9. The van der Waals surface area contributed by atoms with E-state index < -0.39 is 5.82 Å². The molecule has 22 heavy (non-hydrogen) atoms. The molecule has 2 rings (SSSR count). The zero-order valence-electron chi connectivity index (χ0n) is 10.9. The van der Waals surface area contributed by atoms with Crippen molar-refractivity contribution in [3.63, 3.8) is 0 Å². The highest BCUT2D eigenvalue weighted by atomic mass is 35.5. The van der Waals surface area contributed by atoms with Crippen molar-refractivity contribution in [1.29, 1.82) is 0 Å². The molecule has 2 aromatic carbocycles. The highest BCUT2D eigenvalue weighted by Gasteiger charge is 2.09. The van der Waals surface area contributed by atoms with E-state index in [1.807, 2.05) is 0 Å². The van der Waals surface area contributed by atoms with E-state index in [0.717, 1.165) is 0 Å². The summed E-state index contributed by atoms with van der Waals surface area (Å²) < 4.78 is 13.0. The molecular weight excluding hydrogens is 373 g/mol. The molecule has 0 aliphatic carbocycles. The van der Waals surface area contributed by atoms with Crippen LogP contribution < -0.4 is 10.6 Å². The average Bonchev–Trinajstić information content (AvgIpc) is 2.46. The van der Waals surface area contributed by atoms with E-state index in [1.54, 1.807) is 0 Å². The molecule has 0 fully saturated rings. The minimum Gasteiger partial charge on any atom is -0.376 e. The number of anilines is 2. The Morgan fingerprint density at radius 3 is 2.32 bits per heavy atom. The molecule has 2 N–H and O–H groups in total. The van der Waals surface area contributed by atoms with Gasteiger partial charge in [0.05, 0.1) is 32.3 Å². The van der Waals surface area contributed by atoms with E-state index in [4.69, 9.17) is 46.4 Å². The molecule has 0 bridgehead atoms. The van der Waals surface area contributed by atoms with Gasteiger partial charge in [-0.25, -0.2) is 4.39 Å². The molecule has 8 heteroatoms. The van der Waals surface area contributed by atoms with Crippen molar-refractivity contribution in [3.8, 4) is 0 Å². The van der Waals surface area contributed by atoms with Gasteiger partial charge < -0.3 is 10.6 Å². The fourth-order valence-electron chi connectivity index (χ4n) is 1.60. The first-order valence-electron chi connectivity index (χ1n) is 6.00. The van der Waals surface area contributed by atoms with Gasteiger partial charge in [0.15, 0.2) is 0 Å². The van der Waals surface area contributed by atoms with Crippen LogP contribution in [0.2, 0.25) is 20.1 Å². The van der Waals surface area contributed by atoms with E-state index in [-0.39, 0.29) is 27.5 Å². The highest BCUT2D eigenvalue weighted by molar-refractivity contribution is 6.44. The van der Waals surface area contributed by atoms with Crippen LogP contribution in [0.15, 0.2) is 30.3 Å². The quantitative estimate of drug-likeness (QED) is 0.687. The van der Waals surface area contributed by atoms with E-state index in [2.05, 4.69) is 10.6 Å².